The molecule has 136 valence electrons. The molecule has 0 aromatic heterocycles. The fourth-order valence-electron chi connectivity index (χ4n) is 4.06. The van der Waals surface area contributed by atoms with Gasteiger partial charge in [0.1, 0.15) is 0 Å². The molecule has 26 heavy (non-hydrogen) atoms. The van der Waals surface area contributed by atoms with Gasteiger partial charge in [0.15, 0.2) is 17.5 Å². The van der Waals surface area contributed by atoms with E-state index in [4.69, 9.17) is 14.5 Å². The molecular formula is C20H24N4O2. The Morgan fingerprint density at radius 1 is 1.08 bits per heavy atom. The Morgan fingerprint density at radius 2 is 1.88 bits per heavy atom. The summed E-state index contributed by atoms with van der Waals surface area (Å²) in [6.07, 6.45) is 8.54. The van der Waals surface area contributed by atoms with Crippen LogP contribution in [0.25, 0.3) is 0 Å². The lowest BCUT2D eigenvalue weighted by atomic mass is 10.1. The van der Waals surface area contributed by atoms with Crippen LogP contribution in [0.4, 0.5) is 0 Å². The number of fused-ring (bicyclic) bond motifs is 2. The van der Waals surface area contributed by atoms with Gasteiger partial charge in [-0.25, -0.2) is 4.99 Å². The zero-order valence-corrected chi connectivity index (χ0v) is 15.0. The molecule has 0 radical (unpaired) electrons. The van der Waals surface area contributed by atoms with E-state index in [1.54, 1.807) is 0 Å². The van der Waals surface area contributed by atoms with Crippen molar-refractivity contribution in [3.05, 3.63) is 48.1 Å². The normalized spacial score (nSPS) is 27.9. The van der Waals surface area contributed by atoms with Crippen LogP contribution in [0, 0.1) is 0 Å². The molecule has 0 spiro atoms. The van der Waals surface area contributed by atoms with Crippen LogP contribution in [-0.2, 0) is 0 Å². The third-order valence-corrected chi connectivity index (χ3v) is 5.71. The number of aliphatic imine (C=N–C) groups is 1. The number of allylic oxidation sites excluding steroid dienone is 2. The van der Waals surface area contributed by atoms with Gasteiger partial charge in [0.2, 0.25) is 6.79 Å². The van der Waals surface area contributed by atoms with Crippen LogP contribution in [0.2, 0.25) is 0 Å². The van der Waals surface area contributed by atoms with Crippen molar-refractivity contribution in [3.8, 4) is 11.5 Å². The van der Waals surface area contributed by atoms with Crippen molar-refractivity contribution in [2.24, 2.45) is 4.99 Å². The summed E-state index contributed by atoms with van der Waals surface area (Å²) in [6.45, 7) is 6.63. The van der Waals surface area contributed by atoms with Gasteiger partial charge in [-0.15, -0.1) is 0 Å². The standard InChI is InChI=1S/C20H24N4O2/c1-14(15-6-7-18-19(12-15)26-13-25-18)23-8-10-24(11-9-23)20-21-16-4-2-3-5-17(16)22-20/h2-7,12,14,16-17H,8-11,13H2,1H3,(H,21,22)/t14-,16?,17?/m0/s1. The average molecular weight is 352 g/mol. The Labute approximate surface area is 153 Å². The summed E-state index contributed by atoms with van der Waals surface area (Å²) >= 11 is 0. The predicted molar refractivity (Wildman–Crippen MR) is 101 cm³/mol. The summed E-state index contributed by atoms with van der Waals surface area (Å²) in [6, 6.07) is 7.21. The summed E-state index contributed by atoms with van der Waals surface area (Å²) < 4.78 is 10.9. The van der Waals surface area contributed by atoms with E-state index in [-0.39, 0.29) is 6.04 Å². The molecule has 0 saturated carbocycles. The number of rotatable bonds is 2. The second-order valence-electron chi connectivity index (χ2n) is 7.19. The predicted octanol–water partition coefficient (Wildman–Crippen LogP) is 1.92. The van der Waals surface area contributed by atoms with Crippen LogP contribution in [0.5, 0.6) is 11.5 Å². The molecular weight excluding hydrogens is 328 g/mol. The minimum absolute atomic E-state index is 0.251. The molecule has 1 aliphatic carbocycles. The Morgan fingerprint density at radius 3 is 2.73 bits per heavy atom. The van der Waals surface area contributed by atoms with E-state index in [0.717, 1.165) is 43.6 Å². The van der Waals surface area contributed by atoms with Gasteiger partial charge in [-0.3, -0.25) is 4.90 Å². The van der Waals surface area contributed by atoms with Crippen molar-refractivity contribution >= 4 is 5.96 Å². The number of guanidine groups is 1. The van der Waals surface area contributed by atoms with Crippen LogP contribution in [0.3, 0.4) is 0 Å². The van der Waals surface area contributed by atoms with E-state index in [1.807, 2.05) is 6.07 Å². The van der Waals surface area contributed by atoms with Gasteiger partial charge in [0.25, 0.3) is 0 Å². The van der Waals surface area contributed by atoms with Crippen LogP contribution < -0.4 is 14.8 Å². The van der Waals surface area contributed by atoms with Crippen LogP contribution in [-0.4, -0.2) is 60.8 Å². The lowest BCUT2D eigenvalue weighted by molar-refractivity contribution is 0.139. The Kier molecular flexibility index (Phi) is 3.85. The van der Waals surface area contributed by atoms with Crippen LogP contribution in [0.15, 0.2) is 47.5 Å². The molecule has 6 nitrogen and oxygen atoms in total. The van der Waals surface area contributed by atoms with Gasteiger partial charge < -0.3 is 19.7 Å². The number of hydrogen-bond acceptors (Lipinski definition) is 6. The van der Waals surface area contributed by atoms with E-state index >= 15 is 0 Å². The highest BCUT2D eigenvalue weighted by atomic mass is 16.7. The highest BCUT2D eigenvalue weighted by molar-refractivity contribution is 5.83. The molecule has 5 rings (SSSR count). The SMILES string of the molecule is C[C@@H](c1ccc2c(c1)OCO2)N1CCN(C2=NC3C=CC=CC3N2)CC1. The molecule has 0 bridgehead atoms. The molecule has 2 unspecified atom stereocenters. The quantitative estimate of drug-likeness (QED) is 0.881. The number of piperazine rings is 1. The molecule has 3 heterocycles. The Bertz CT molecular complexity index is 780. The fourth-order valence-corrected chi connectivity index (χ4v) is 4.06. The first-order valence-corrected chi connectivity index (χ1v) is 9.36. The molecule has 0 amide bonds. The second kappa shape index (κ2) is 6.36. The summed E-state index contributed by atoms with van der Waals surface area (Å²) in [5, 5.41) is 3.56. The molecule has 1 aromatic rings. The maximum atomic E-state index is 5.52. The highest BCUT2D eigenvalue weighted by Crippen LogP contribution is 2.35. The van der Waals surface area contributed by atoms with Crippen molar-refractivity contribution in [1.29, 1.82) is 0 Å². The molecule has 1 aromatic carbocycles. The topological polar surface area (TPSA) is 49.3 Å². The van der Waals surface area contributed by atoms with E-state index in [1.165, 1.54) is 5.56 Å². The number of ether oxygens (including phenoxy) is 2. The van der Waals surface area contributed by atoms with Crippen LogP contribution >= 0.6 is 0 Å². The average Bonchev–Trinajstić information content (AvgIpc) is 3.33. The third kappa shape index (κ3) is 2.74. The maximum absolute atomic E-state index is 5.52. The van der Waals surface area contributed by atoms with Gasteiger partial charge in [0.05, 0.1) is 12.1 Å². The lowest BCUT2D eigenvalue weighted by Crippen LogP contribution is -2.52. The molecule has 1 N–H and O–H groups in total. The van der Waals surface area contributed by atoms with Gasteiger partial charge in [-0.1, -0.05) is 30.4 Å². The van der Waals surface area contributed by atoms with Gasteiger partial charge in [-0.2, -0.15) is 0 Å². The molecule has 1 saturated heterocycles. The van der Waals surface area contributed by atoms with Gasteiger partial charge in [-0.05, 0) is 24.6 Å². The second-order valence-corrected chi connectivity index (χ2v) is 7.19. The zero-order chi connectivity index (χ0) is 17.5. The summed E-state index contributed by atoms with van der Waals surface area (Å²) in [4.78, 5) is 9.75. The van der Waals surface area contributed by atoms with E-state index in [0.29, 0.717) is 18.9 Å². The minimum atomic E-state index is 0.251. The first-order chi connectivity index (χ1) is 12.8. The van der Waals surface area contributed by atoms with E-state index in [2.05, 4.69) is 58.5 Å². The van der Waals surface area contributed by atoms with Gasteiger partial charge >= 0.3 is 0 Å². The molecule has 3 aliphatic heterocycles. The fraction of sp³-hybridized carbons (Fsp3) is 0.450. The summed E-state index contributed by atoms with van der Waals surface area (Å²) in [5.74, 6) is 2.76. The minimum Gasteiger partial charge on any atom is -0.454 e. The zero-order valence-electron chi connectivity index (χ0n) is 15.0. The number of nitrogens with one attached hydrogen (secondary N) is 1. The summed E-state index contributed by atoms with van der Waals surface area (Å²) in [5.41, 5.74) is 1.28. The number of hydrogen-bond donors (Lipinski definition) is 1. The first-order valence-electron chi connectivity index (χ1n) is 9.36. The number of benzene rings is 1. The molecule has 4 aliphatic rings. The highest BCUT2D eigenvalue weighted by Gasteiger charge is 2.31. The van der Waals surface area contributed by atoms with Crippen molar-refractivity contribution in [2.45, 2.75) is 25.0 Å². The van der Waals surface area contributed by atoms with E-state index in [9.17, 15) is 0 Å². The molecule has 1 fully saturated rings. The molecule has 6 heteroatoms. The smallest absolute Gasteiger partial charge is 0.231 e. The third-order valence-electron chi connectivity index (χ3n) is 5.71. The largest absolute Gasteiger partial charge is 0.454 e. The van der Waals surface area contributed by atoms with Gasteiger partial charge in [0, 0.05) is 32.2 Å². The van der Waals surface area contributed by atoms with Crippen molar-refractivity contribution in [3.63, 3.8) is 0 Å². The van der Waals surface area contributed by atoms with Crippen molar-refractivity contribution in [1.82, 2.24) is 15.1 Å². The lowest BCUT2D eigenvalue weighted by Gasteiger charge is -2.39. The molecule has 3 atom stereocenters. The monoisotopic (exact) mass is 352 g/mol. The first kappa shape index (κ1) is 15.8. The van der Waals surface area contributed by atoms with Crippen molar-refractivity contribution < 1.29 is 9.47 Å². The Balaban J connectivity index is 1.22. The van der Waals surface area contributed by atoms with E-state index < -0.39 is 0 Å². The number of nitrogens with zero attached hydrogens (tertiary/aromatic N) is 3. The summed E-state index contributed by atoms with van der Waals surface area (Å²) in [7, 11) is 0. The van der Waals surface area contributed by atoms with Crippen LogP contribution in [0.1, 0.15) is 18.5 Å². The maximum Gasteiger partial charge on any atom is 0.231 e. The Hall–Kier alpha value is -2.47. The van der Waals surface area contributed by atoms with Crippen molar-refractivity contribution in [2.75, 3.05) is 33.0 Å².